The standard InChI is InChI=1S/C11H21N3O/c1-4-11(2,3)9-6-5-8(15)7-10(9)13-14-12/h8-10,15H,4-7H2,1-3H3. The third-order valence-corrected chi connectivity index (χ3v) is 3.90. The van der Waals surface area contributed by atoms with Crippen molar-refractivity contribution in [3.8, 4) is 0 Å². The minimum absolute atomic E-state index is 0.0336. The van der Waals surface area contributed by atoms with Crippen molar-refractivity contribution in [1.29, 1.82) is 0 Å². The molecule has 0 heterocycles. The van der Waals surface area contributed by atoms with E-state index in [1.54, 1.807) is 0 Å². The Labute approximate surface area is 91.3 Å². The minimum Gasteiger partial charge on any atom is -0.393 e. The molecule has 1 aliphatic carbocycles. The Kier molecular flexibility index (Phi) is 4.00. The van der Waals surface area contributed by atoms with E-state index in [1.165, 1.54) is 0 Å². The molecule has 3 atom stereocenters. The molecule has 1 fully saturated rings. The monoisotopic (exact) mass is 211 g/mol. The van der Waals surface area contributed by atoms with Crippen LogP contribution in [0.3, 0.4) is 0 Å². The molecule has 1 rings (SSSR count). The molecule has 0 radical (unpaired) electrons. The third kappa shape index (κ3) is 2.86. The maximum atomic E-state index is 9.58. The van der Waals surface area contributed by atoms with E-state index < -0.39 is 0 Å². The lowest BCUT2D eigenvalue weighted by Gasteiger charge is -2.41. The molecule has 0 spiro atoms. The van der Waals surface area contributed by atoms with Crippen LogP contribution in [0.5, 0.6) is 0 Å². The molecule has 1 saturated carbocycles. The van der Waals surface area contributed by atoms with Gasteiger partial charge in [-0.15, -0.1) is 0 Å². The molecule has 0 bridgehead atoms. The zero-order valence-corrected chi connectivity index (χ0v) is 9.85. The van der Waals surface area contributed by atoms with E-state index in [-0.39, 0.29) is 17.6 Å². The van der Waals surface area contributed by atoms with Crippen LogP contribution in [0.15, 0.2) is 5.11 Å². The molecule has 3 unspecified atom stereocenters. The molecule has 4 nitrogen and oxygen atoms in total. The first-order chi connectivity index (χ1) is 7.01. The van der Waals surface area contributed by atoms with Gasteiger partial charge < -0.3 is 5.11 Å². The van der Waals surface area contributed by atoms with Crippen LogP contribution >= 0.6 is 0 Å². The highest BCUT2D eigenvalue weighted by Gasteiger charge is 2.37. The number of azide groups is 1. The van der Waals surface area contributed by atoms with Crippen LogP contribution < -0.4 is 0 Å². The molecule has 0 aromatic rings. The fourth-order valence-corrected chi connectivity index (χ4v) is 2.49. The van der Waals surface area contributed by atoms with Gasteiger partial charge >= 0.3 is 0 Å². The highest BCUT2D eigenvalue weighted by atomic mass is 16.3. The summed E-state index contributed by atoms with van der Waals surface area (Å²) in [5.41, 5.74) is 8.73. The van der Waals surface area contributed by atoms with E-state index in [2.05, 4.69) is 30.8 Å². The van der Waals surface area contributed by atoms with Crippen molar-refractivity contribution in [2.24, 2.45) is 16.4 Å². The maximum absolute atomic E-state index is 9.58. The summed E-state index contributed by atoms with van der Waals surface area (Å²) in [6, 6.07) is -0.0336. The summed E-state index contributed by atoms with van der Waals surface area (Å²) >= 11 is 0. The average molecular weight is 211 g/mol. The molecule has 0 aliphatic heterocycles. The van der Waals surface area contributed by atoms with Gasteiger partial charge in [0.15, 0.2) is 0 Å². The molecule has 0 aromatic heterocycles. The van der Waals surface area contributed by atoms with Gasteiger partial charge in [-0.25, -0.2) is 0 Å². The van der Waals surface area contributed by atoms with Crippen LogP contribution in [-0.2, 0) is 0 Å². The lowest BCUT2D eigenvalue weighted by Crippen LogP contribution is -2.39. The van der Waals surface area contributed by atoms with E-state index in [4.69, 9.17) is 5.53 Å². The third-order valence-electron chi connectivity index (χ3n) is 3.90. The van der Waals surface area contributed by atoms with Gasteiger partial charge in [-0.3, -0.25) is 0 Å². The lowest BCUT2D eigenvalue weighted by molar-refractivity contribution is 0.0478. The first-order valence-corrected chi connectivity index (χ1v) is 5.73. The number of aliphatic hydroxyl groups excluding tert-OH is 1. The summed E-state index contributed by atoms with van der Waals surface area (Å²) in [6.45, 7) is 6.60. The second-order valence-electron chi connectivity index (χ2n) is 5.19. The van der Waals surface area contributed by atoms with Crippen molar-refractivity contribution in [3.63, 3.8) is 0 Å². The van der Waals surface area contributed by atoms with Crippen molar-refractivity contribution in [2.75, 3.05) is 0 Å². The molecule has 0 saturated heterocycles. The van der Waals surface area contributed by atoms with Crippen LogP contribution in [-0.4, -0.2) is 17.3 Å². The Hall–Kier alpha value is -0.730. The van der Waals surface area contributed by atoms with E-state index >= 15 is 0 Å². The zero-order valence-electron chi connectivity index (χ0n) is 9.85. The normalized spacial score (nSPS) is 32.1. The fourth-order valence-electron chi connectivity index (χ4n) is 2.49. The number of hydrogen-bond donors (Lipinski definition) is 1. The molecule has 0 amide bonds. The second-order valence-corrected chi connectivity index (χ2v) is 5.19. The van der Waals surface area contributed by atoms with Gasteiger partial charge in [0.25, 0.3) is 0 Å². The predicted octanol–water partition coefficient (Wildman–Crippen LogP) is 3.26. The van der Waals surface area contributed by atoms with Crippen molar-refractivity contribution in [2.45, 2.75) is 58.6 Å². The number of nitrogens with zero attached hydrogens (tertiary/aromatic N) is 3. The molecule has 86 valence electrons. The average Bonchev–Trinajstić information content (AvgIpc) is 2.18. The van der Waals surface area contributed by atoms with Crippen molar-refractivity contribution in [1.82, 2.24) is 0 Å². The lowest BCUT2D eigenvalue weighted by atomic mass is 9.67. The Balaban J connectivity index is 2.81. The first-order valence-electron chi connectivity index (χ1n) is 5.73. The Morgan fingerprint density at radius 3 is 2.67 bits per heavy atom. The van der Waals surface area contributed by atoms with Gasteiger partial charge in [-0.2, -0.15) is 0 Å². The number of aliphatic hydroxyl groups is 1. The summed E-state index contributed by atoms with van der Waals surface area (Å²) in [6.07, 6.45) is 3.21. The van der Waals surface area contributed by atoms with Crippen molar-refractivity contribution < 1.29 is 5.11 Å². The summed E-state index contributed by atoms with van der Waals surface area (Å²) in [4.78, 5) is 2.91. The maximum Gasteiger partial charge on any atom is 0.0544 e. The van der Waals surface area contributed by atoms with Gasteiger partial charge in [0.05, 0.1) is 6.10 Å². The minimum atomic E-state index is -0.288. The molecular weight excluding hydrogens is 190 g/mol. The molecule has 1 aliphatic rings. The van der Waals surface area contributed by atoms with Crippen LogP contribution in [0.25, 0.3) is 10.4 Å². The second kappa shape index (κ2) is 4.86. The molecule has 0 aromatic carbocycles. The number of rotatable bonds is 3. The smallest absolute Gasteiger partial charge is 0.0544 e. The fraction of sp³-hybridized carbons (Fsp3) is 1.00. The van der Waals surface area contributed by atoms with E-state index in [0.717, 1.165) is 19.3 Å². The van der Waals surface area contributed by atoms with E-state index in [9.17, 15) is 5.11 Å². The van der Waals surface area contributed by atoms with Gasteiger partial charge in [0.2, 0.25) is 0 Å². The van der Waals surface area contributed by atoms with Gasteiger partial charge in [-0.1, -0.05) is 32.3 Å². The van der Waals surface area contributed by atoms with Crippen LogP contribution in [0.1, 0.15) is 46.5 Å². The Morgan fingerprint density at radius 2 is 2.13 bits per heavy atom. The van der Waals surface area contributed by atoms with Crippen molar-refractivity contribution in [3.05, 3.63) is 10.4 Å². The first kappa shape index (κ1) is 12.3. The SMILES string of the molecule is CCC(C)(C)C1CCC(O)CC1N=[N+]=[N-]. The molecule has 15 heavy (non-hydrogen) atoms. The molecular formula is C11H21N3O. The number of hydrogen-bond acceptors (Lipinski definition) is 2. The van der Waals surface area contributed by atoms with Gasteiger partial charge in [0.1, 0.15) is 0 Å². The summed E-state index contributed by atoms with van der Waals surface area (Å²) in [7, 11) is 0. The predicted molar refractivity (Wildman–Crippen MR) is 60.4 cm³/mol. The van der Waals surface area contributed by atoms with Crippen LogP contribution in [0, 0.1) is 11.3 Å². The largest absolute Gasteiger partial charge is 0.393 e. The summed E-state index contributed by atoms with van der Waals surface area (Å²) in [5, 5.41) is 13.4. The van der Waals surface area contributed by atoms with Gasteiger partial charge in [-0.05, 0) is 36.1 Å². The molecule has 1 N–H and O–H groups in total. The topological polar surface area (TPSA) is 69.0 Å². The highest BCUT2D eigenvalue weighted by Crippen LogP contribution is 2.42. The van der Waals surface area contributed by atoms with Gasteiger partial charge in [0, 0.05) is 11.0 Å². The molecule has 4 heteroatoms. The van der Waals surface area contributed by atoms with E-state index in [1.807, 2.05) is 0 Å². The van der Waals surface area contributed by atoms with Crippen LogP contribution in [0.2, 0.25) is 0 Å². The Bertz CT molecular complexity index is 259. The van der Waals surface area contributed by atoms with E-state index in [0.29, 0.717) is 12.3 Å². The zero-order chi connectivity index (χ0) is 11.5. The van der Waals surface area contributed by atoms with Crippen molar-refractivity contribution >= 4 is 0 Å². The quantitative estimate of drug-likeness (QED) is 0.434. The summed E-state index contributed by atoms with van der Waals surface area (Å²) in [5.74, 6) is 0.404. The summed E-state index contributed by atoms with van der Waals surface area (Å²) < 4.78 is 0. The van der Waals surface area contributed by atoms with Crippen LogP contribution in [0.4, 0.5) is 0 Å². The Morgan fingerprint density at radius 1 is 1.47 bits per heavy atom. The highest BCUT2D eigenvalue weighted by molar-refractivity contribution is 4.92.